The number of benzene rings is 1. The molecular weight excluding hydrogens is 308 g/mol. The molecule has 1 aromatic rings. The van der Waals surface area contributed by atoms with Crippen molar-refractivity contribution in [3.05, 3.63) is 52.1 Å². The fourth-order valence-electron chi connectivity index (χ4n) is 3.39. The highest BCUT2D eigenvalue weighted by atomic mass is 16.4. The summed E-state index contributed by atoms with van der Waals surface area (Å²) in [5.41, 5.74) is 2.65. The van der Waals surface area contributed by atoms with Crippen molar-refractivity contribution in [2.24, 2.45) is 5.41 Å². The Labute approximate surface area is 140 Å². The SMILES string of the molecule is CC1=C(C(=O)O)CC(CCO)(C(=O)O)C=C1c1c(C)cccc1C. The van der Waals surface area contributed by atoms with Crippen LogP contribution in [0, 0.1) is 19.3 Å². The Morgan fingerprint density at radius 1 is 1.12 bits per heavy atom. The number of aliphatic carboxylic acids is 2. The summed E-state index contributed by atoms with van der Waals surface area (Å²) in [6.07, 6.45) is 1.47. The van der Waals surface area contributed by atoms with Gasteiger partial charge in [0.1, 0.15) is 0 Å². The number of carbonyl (C=O) groups is 2. The first-order valence-corrected chi connectivity index (χ1v) is 7.80. The predicted molar refractivity (Wildman–Crippen MR) is 90.6 cm³/mol. The molecule has 0 saturated heterocycles. The van der Waals surface area contributed by atoms with Crippen molar-refractivity contribution in [2.45, 2.75) is 33.6 Å². The molecule has 2 rings (SSSR count). The molecule has 0 fully saturated rings. The molecule has 0 aromatic heterocycles. The molecule has 0 radical (unpaired) electrons. The fourth-order valence-corrected chi connectivity index (χ4v) is 3.39. The van der Waals surface area contributed by atoms with Gasteiger partial charge in [-0.3, -0.25) is 4.79 Å². The summed E-state index contributed by atoms with van der Waals surface area (Å²) in [4.78, 5) is 23.6. The average molecular weight is 330 g/mol. The zero-order chi connectivity index (χ0) is 18.1. The molecule has 3 N–H and O–H groups in total. The molecule has 24 heavy (non-hydrogen) atoms. The smallest absolute Gasteiger partial charge is 0.331 e. The van der Waals surface area contributed by atoms with E-state index in [9.17, 15) is 24.9 Å². The minimum Gasteiger partial charge on any atom is -0.481 e. The Bertz CT molecular complexity index is 737. The summed E-state index contributed by atoms with van der Waals surface area (Å²) in [5.74, 6) is -2.24. The maximum absolute atomic E-state index is 11.9. The van der Waals surface area contributed by atoms with E-state index in [0.717, 1.165) is 16.7 Å². The number of hydrogen-bond acceptors (Lipinski definition) is 3. The van der Waals surface area contributed by atoms with Crippen LogP contribution in [0.4, 0.5) is 0 Å². The summed E-state index contributed by atoms with van der Waals surface area (Å²) in [7, 11) is 0. The van der Waals surface area contributed by atoms with E-state index in [2.05, 4.69) is 0 Å². The van der Waals surface area contributed by atoms with Crippen LogP contribution in [0.3, 0.4) is 0 Å². The highest BCUT2D eigenvalue weighted by molar-refractivity contribution is 5.99. The van der Waals surface area contributed by atoms with E-state index >= 15 is 0 Å². The molecule has 1 unspecified atom stereocenters. The van der Waals surface area contributed by atoms with Crippen LogP contribution in [0.25, 0.3) is 5.57 Å². The van der Waals surface area contributed by atoms with Crippen molar-refractivity contribution < 1.29 is 24.9 Å². The van der Waals surface area contributed by atoms with E-state index in [1.165, 1.54) is 0 Å². The van der Waals surface area contributed by atoms with Crippen molar-refractivity contribution in [1.82, 2.24) is 0 Å². The van der Waals surface area contributed by atoms with E-state index in [1.54, 1.807) is 13.0 Å². The van der Waals surface area contributed by atoms with Gasteiger partial charge in [-0.05, 0) is 61.4 Å². The Hall–Kier alpha value is -2.40. The van der Waals surface area contributed by atoms with Gasteiger partial charge in [-0.25, -0.2) is 4.79 Å². The van der Waals surface area contributed by atoms with Gasteiger partial charge < -0.3 is 15.3 Å². The molecule has 0 amide bonds. The van der Waals surface area contributed by atoms with Crippen molar-refractivity contribution in [3.63, 3.8) is 0 Å². The largest absolute Gasteiger partial charge is 0.481 e. The van der Waals surface area contributed by atoms with Crippen molar-refractivity contribution in [2.75, 3.05) is 6.61 Å². The fraction of sp³-hybridized carbons (Fsp3) is 0.368. The topological polar surface area (TPSA) is 94.8 Å². The summed E-state index contributed by atoms with van der Waals surface area (Å²) in [5, 5.41) is 28.6. The van der Waals surface area contributed by atoms with Gasteiger partial charge in [0, 0.05) is 12.2 Å². The lowest BCUT2D eigenvalue weighted by Gasteiger charge is -2.33. The Morgan fingerprint density at radius 3 is 2.17 bits per heavy atom. The van der Waals surface area contributed by atoms with Crippen LogP contribution >= 0.6 is 0 Å². The molecule has 0 heterocycles. The van der Waals surface area contributed by atoms with Crippen LogP contribution < -0.4 is 0 Å². The van der Waals surface area contributed by atoms with Crippen LogP contribution in [0.2, 0.25) is 0 Å². The standard InChI is InChI=1S/C19H22O5/c1-11-5-4-6-12(2)16(11)14-9-19(7-8-20,18(23)24)10-15(13(14)3)17(21)22/h4-6,9,20H,7-8,10H2,1-3H3,(H,21,22)(H,23,24). The van der Waals surface area contributed by atoms with E-state index in [0.29, 0.717) is 11.1 Å². The lowest BCUT2D eigenvalue weighted by Crippen LogP contribution is -2.34. The number of carboxylic acid groups (broad SMARTS) is 2. The van der Waals surface area contributed by atoms with Crippen LogP contribution in [0.1, 0.15) is 36.5 Å². The first-order chi connectivity index (χ1) is 11.2. The molecule has 5 nitrogen and oxygen atoms in total. The van der Waals surface area contributed by atoms with Crippen LogP contribution in [0.15, 0.2) is 35.4 Å². The van der Waals surface area contributed by atoms with Crippen LogP contribution in [-0.2, 0) is 9.59 Å². The van der Waals surface area contributed by atoms with Crippen LogP contribution in [0.5, 0.6) is 0 Å². The first-order valence-electron chi connectivity index (χ1n) is 7.80. The van der Waals surface area contributed by atoms with Crippen molar-refractivity contribution in [1.29, 1.82) is 0 Å². The summed E-state index contributed by atoms with van der Waals surface area (Å²) < 4.78 is 0. The molecule has 0 bridgehead atoms. The highest BCUT2D eigenvalue weighted by Crippen LogP contribution is 2.45. The van der Waals surface area contributed by atoms with Gasteiger partial charge in [-0.15, -0.1) is 0 Å². The average Bonchev–Trinajstić information content (AvgIpc) is 2.49. The normalized spacial score (nSPS) is 20.8. The maximum Gasteiger partial charge on any atom is 0.331 e. The van der Waals surface area contributed by atoms with E-state index < -0.39 is 17.4 Å². The maximum atomic E-state index is 11.9. The Kier molecular flexibility index (Phi) is 4.94. The number of allylic oxidation sites excluding steroid dienone is 2. The summed E-state index contributed by atoms with van der Waals surface area (Å²) >= 11 is 0. The van der Waals surface area contributed by atoms with E-state index in [4.69, 9.17) is 0 Å². The molecule has 0 saturated carbocycles. The molecule has 1 aromatic carbocycles. The van der Waals surface area contributed by atoms with Gasteiger partial charge in [-0.2, -0.15) is 0 Å². The quantitative estimate of drug-likeness (QED) is 0.771. The second-order valence-corrected chi connectivity index (χ2v) is 6.35. The molecular formula is C19H22O5. The highest BCUT2D eigenvalue weighted by Gasteiger charge is 2.42. The van der Waals surface area contributed by atoms with Crippen molar-refractivity contribution in [3.8, 4) is 0 Å². The third kappa shape index (κ3) is 2.99. The van der Waals surface area contributed by atoms with Crippen molar-refractivity contribution >= 4 is 17.5 Å². The van der Waals surface area contributed by atoms with Gasteiger partial charge in [0.15, 0.2) is 0 Å². The summed E-state index contributed by atoms with van der Waals surface area (Å²) in [6.45, 7) is 5.22. The third-order valence-corrected chi connectivity index (χ3v) is 4.76. The second kappa shape index (κ2) is 6.61. The Balaban J connectivity index is 2.79. The first kappa shape index (κ1) is 17.9. The predicted octanol–water partition coefficient (Wildman–Crippen LogP) is 2.95. The molecule has 0 aliphatic heterocycles. The molecule has 1 atom stereocenters. The number of aliphatic hydroxyl groups excluding tert-OH is 1. The monoisotopic (exact) mass is 330 g/mol. The van der Waals surface area contributed by atoms with Gasteiger partial charge in [0.2, 0.25) is 0 Å². The van der Waals surface area contributed by atoms with Gasteiger partial charge >= 0.3 is 11.9 Å². The molecule has 1 aliphatic carbocycles. The number of rotatable bonds is 5. The number of carboxylic acids is 2. The summed E-state index contributed by atoms with van der Waals surface area (Å²) in [6, 6.07) is 5.74. The van der Waals surface area contributed by atoms with E-state index in [-0.39, 0.29) is 25.0 Å². The lowest BCUT2D eigenvalue weighted by atomic mass is 9.70. The van der Waals surface area contributed by atoms with Gasteiger partial charge in [0.05, 0.1) is 5.41 Å². The molecule has 5 heteroatoms. The zero-order valence-corrected chi connectivity index (χ0v) is 14.1. The number of aliphatic hydroxyl groups is 1. The minimum atomic E-state index is -1.41. The zero-order valence-electron chi connectivity index (χ0n) is 14.1. The molecule has 0 spiro atoms. The molecule has 128 valence electrons. The van der Waals surface area contributed by atoms with Gasteiger partial charge in [-0.1, -0.05) is 24.3 Å². The minimum absolute atomic E-state index is 0.0270. The van der Waals surface area contributed by atoms with E-state index in [1.807, 2.05) is 32.0 Å². The second-order valence-electron chi connectivity index (χ2n) is 6.35. The number of aryl methyl sites for hydroxylation is 2. The van der Waals surface area contributed by atoms with Gasteiger partial charge in [0.25, 0.3) is 0 Å². The Morgan fingerprint density at radius 2 is 1.71 bits per heavy atom. The number of hydrogen-bond donors (Lipinski definition) is 3. The lowest BCUT2D eigenvalue weighted by molar-refractivity contribution is -0.147. The van der Waals surface area contributed by atoms with Crippen LogP contribution in [-0.4, -0.2) is 33.9 Å². The third-order valence-electron chi connectivity index (χ3n) is 4.76. The molecule has 1 aliphatic rings.